The number of ether oxygens (including phenoxy) is 1. The van der Waals surface area contributed by atoms with Crippen molar-refractivity contribution in [2.24, 2.45) is 0 Å². The van der Waals surface area contributed by atoms with Gasteiger partial charge in [-0.05, 0) is 25.9 Å². The predicted molar refractivity (Wildman–Crippen MR) is 120 cm³/mol. The van der Waals surface area contributed by atoms with Crippen LogP contribution in [0.2, 0.25) is 0 Å². The smallest absolute Gasteiger partial charge is 0.407 e. The van der Waals surface area contributed by atoms with Gasteiger partial charge >= 0.3 is 6.09 Å². The van der Waals surface area contributed by atoms with Gasteiger partial charge in [-0.1, -0.05) is 104 Å². The van der Waals surface area contributed by atoms with E-state index in [1.807, 2.05) is 0 Å². The van der Waals surface area contributed by atoms with Crippen molar-refractivity contribution in [1.29, 1.82) is 0 Å². The molecule has 1 heterocycles. The van der Waals surface area contributed by atoms with Crippen LogP contribution in [-0.2, 0) is 4.74 Å². The Morgan fingerprint density at radius 3 is 1.57 bits per heavy atom. The molecule has 0 aromatic heterocycles. The third-order valence-corrected chi connectivity index (χ3v) is 5.87. The first-order chi connectivity index (χ1) is 13.8. The van der Waals surface area contributed by atoms with E-state index in [0.717, 1.165) is 19.6 Å². The number of unbranched alkanes of at least 4 members (excludes halogenated alkanes) is 14. The van der Waals surface area contributed by atoms with Gasteiger partial charge in [0.05, 0.1) is 6.54 Å². The summed E-state index contributed by atoms with van der Waals surface area (Å²) in [7, 11) is 0. The topological polar surface area (TPSA) is 41.6 Å². The largest absolute Gasteiger partial charge is 0.443 e. The van der Waals surface area contributed by atoms with Gasteiger partial charge in [0.1, 0.15) is 6.10 Å². The van der Waals surface area contributed by atoms with Crippen LogP contribution in [-0.4, -0.2) is 43.3 Å². The molecule has 1 amide bonds. The molecule has 166 valence electrons. The van der Waals surface area contributed by atoms with E-state index in [1.54, 1.807) is 0 Å². The van der Waals surface area contributed by atoms with Crippen LogP contribution in [0.5, 0.6) is 0 Å². The maximum atomic E-state index is 11.3. The van der Waals surface area contributed by atoms with Gasteiger partial charge in [0.2, 0.25) is 0 Å². The molecule has 0 spiro atoms. The molecule has 1 atom stereocenters. The van der Waals surface area contributed by atoms with Gasteiger partial charge in [0, 0.05) is 6.54 Å². The van der Waals surface area contributed by atoms with E-state index in [9.17, 15) is 4.79 Å². The van der Waals surface area contributed by atoms with Crippen molar-refractivity contribution in [1.82, 2.24) is 10.2 Å². The molecule has 1 aliphatic rings. The number of hydrogen-bond acceptors (Lipinski definition) is 3. The van der Waals surface area contributed by atoms with Crippen molar-refractivity contribution in [3.05, 3.63) is 0 Å². The summed E-state index contributed by atoms with van der Waals surface area (Å²) in [5.41, 5.74) is 0. The number of carbonyl (C=O) groups is 1. The van der Waals surface area contributed by atoms with Gasteiger partial charge in [-0.3, -0.25) is 4.90 Å². The number of rotatable bonds is 20. The normalized spacial score (nSPS) is 16.5. The van der Waals surface area contributed by atoms with E-state index in [2.05, 4.69) is 24.1 Å². The number of amides is 1. The van der Waals surface area contributed by atoms with E-state index < -0.39 is 0 Å². The lowest BCUT2D eigenvalue weighted by molar-refractivity contribution is 0.106. The molecular formula is C24H48N2O2. The Balaban J connectivity index is 2.12. The van der Waals surface area contributed by atoms with Gasteiger partial charge in [0.15, 0.2) is 0 Å². The molecule has 0 aromatic carbocycles. The third-order valence-electron chi connectivity index (χ3n) is 5.87. The van der Waals surface area contributed by atoms with Crippen LogP contribution >= 0.6 is 0 Å². The van der Waals surface area contributed by atoms with E-state index in [0.29, 0.717) is 6.54 Å². The SMILES string of the molecule is CCCCCCCCCCN(CCCCCCCCCC)CC1CNC(=O)O1. The lowest BCUT2D eigenvalue weighted by atomic mass is 10.1. The van der Waals surface area contributed by atoms with Crippen LogP contribution in [0.3, 0.4) is 0 Å². The van der Waals surface area contributed by atoms with Crippen molar-refractivity contribution >= 4 is 6.09 Å². The van der Waals surface area contributed by atoms with Crippen LogP contribution in [0.4, 0.5) is 4.79 Å². The molecule has 1 saturated heterocycles. The second-order valence-corrected chi connectivity index (χ2v) is 8.66. The van der Waals surface area contributed by atoms with E-state index in [4.69, 9.17) is 4.74 Å². The molecule has 1 unspecified atom stereocenters. The lowest BCUT2D eigenvalue weighted by Crippen LogP contribution is -2.35. The standard InChI is InChI=1S/C24H48N2O2/c1-3-5-7-9-11-13-15-17-19-26(22-23-21-25-24(27)28-23)20-18-16-14-12-10-8-6-4-2/h23H,3-22H2,1-2H3,(H,25,27). The highest BCUT2D eigenvalue weighted by molar-refractivity contribution is 5.69. The summed E-state index contributed by atoms with van der Waals surface area (Å²) in [6, 6.07) is 0. The first-order valence-electron chi connectivity index (χ1n) is 12.4. The number of cyclic esters (lactones) is 1. The van der Waals surface area contributed by atoms with Gasteiger partial charge in [-0.2, -0.15) is 0 Å². The third kappa shape index (κ3) is 14.3. The molecule has 4 nitrogen and oxygen atoms in total. The number of hydrogen-bond donors (Lipinski definition) is 1. The molecule has 0 bridgehead atoms. The first kappa shape index (κ1) is 25.3. The van der Waals surface area contributed by atoms with Crippen molar-refractivity contribution in [2.45, 2.75) is 123 Å². The highest BCUT2D eigenvalue weighted by atomic mass is 16.6. The quantitative estimate of drug-likeness (QED) is 0.233. The second-order valence-electron chi connectivity index (χ2n) is 8.66. The van der Waals surface area contributed by atoms with Crippen LogP contribution in [0.25, 0.3) is 0 Å². The Morgan fingerprint density at radius 1 is 0.750 bits per heavy atom. The van der Waals surface area contributed by atoms with Crippen molar-refractivity contribution in [3.63, 3.8) is 0 Å². The zero-order valence-corrected chi connectivity index (χ0v) is 19.0. The molecule has 1 N–H and O–H groups in total. The lowest BCUT2D eigenvalue weighted by Gasteiger charge is -2.24. The predicted octanol–water partition coefficient (Wildman–Crippen LogP) is 6.68. The van der Waals surface area contributed by atoms with Crippen LogP contribution < -0.4 is 5.32 Å². The molecule has 1 aliphatic heterocycles. The maximum Gasteiger partial charge on any atom is 0.407 e. The minimum atomic E-state index is -0.246. The van der Waals surface area contributed by atoms with Crippen molar-refractivity contribution in [2.75, 3.05) is 26.2 Å². The number of carbonyl (C=O) groups excluding carboxylic acids is 1. The second kappa shape index (κ2) is 18.3. The molecule has 0 aliphatic carbocycles. The summed E-state index contributed by atoms with van der Waals surface area (Å²) in [5, 5.41) is 2.79. The van der Waals surface area contributed by atoms with Crippen molar-refractivity contribution in [3.8, 4) is 0 Å². The van der Waals surface area contributed by atoms with E-state index in [1.165, 1.54) is 103 Å². The van der Waals surface area contributed by atoms with E-state index in [-0.39, 0.29) is 12.2 Å². The summed E-state index contributed by atoms with van der Waals surface area (Å²) in [4.78, 5) is 13.8. The van der Waals surface area contributed by atoms with Gasteiger partial charge in [-0.15, -0.1) is 0 Å². The summed E-state index contributed by atoms with van der Waals surface area (Å²) in [6.45, 7) is 8.42. The van der Waals surface area contributed by atoms with Gasteiger partial charge < -0.3 is 10.1 Å². The molecule has 0 radical (unpaired) electrons. The van der Waals surface area contributed by atoms with Gasteiger partial charge in [0.25, 0.3) is 0 Å². The summed E-state index contributed by atoms with van der Waals surface area (Å²) < 4.78 is 5.36. The average molecular weight is 397 g/mol. The van der Waals surface area contributed by atoms with Crippen LogP contribution in [0, 0.1) is 0 Å². The number of nitrogens with zero attached hydrogens (tertiary/aromatic N) is 1. The molecule has 1 fully saturated rings. The molecule has 0 aromatic rings. The Hall–Kier alpha value is -0.770. The fourth-order valence-corrected chi connectivity index (χ4v) is 4.05. The average Bonchev–Trinajstić information content (AvgIpc) is 3.10. The fraction of sp³-hybridized carbons (Fsp3) is 0.958. The highest BCUT2D eigenvalue weighted by Gasteiger charge is 2.24. The Morgan fingerprint density at radius 2 is 1.18 bits per heavy atom. The summed E-state index contributed by atoms with van der Waals surface area (Å²) in [6.07, 6.45) is 21.6. The van der Waals surface area contributed by atoms with E-state index >= 15 is 0 Å². The molecule has 0 saturated carbocycles. The van der Waals surface area contributed by atoms with Gasteiger partial charge in [-0.25, -0.2) is 4.79 Å². The summed E-state index contributed by atoms with van der Waals surface area (Å²) in [5.74, 6) is 0. The monoisotopic (exact) mass is 396 g/mol. The molecule has 1 rings (SSSR count). The fourth-order valence-electron chi connectivity index (χ4n) is 4.05. The Bertz CT molecular complexity index is 343. The highest BCUT2D eigenvalue weighted by Crippen LogP contribution is 2.12. The number of nitrogens with one attached hydrogen (secondary N) is 1. The minimum Gasteiger partial charge on any atom is -0.443 e. The zero-order chi connectivity index (χ0) is 20.3. The Labute approximate surface area is 175 Å². The van der Waals surface area contributed by atoms with Crippen LogP contribution in [0.1, 0.15) is 117 Å². The zero-order valence-electron chi connectivity index (χ0n) is 19.0. The molecule has 4 heteroatoms. The first-order valence-corrected chi connectivity index (χ1v) is 12.4. The summed E-state index contributed by atoms with van der Waals surface area (Å²) >= 11 is 0. The molecular weight excluding hydrogens is 348 g/mol. The van der Waals surface area contributed by atoms with Crippen molar-refractivity contribution < 1.29 is 9.53 Å². The number of alkyl carbamates (subject to hydrolysis) is 1. The minimum absolute atomic E-state index is 0.0376. The van der Waals surface area contributed by atoms with Crippen LogP contribution in [0.15, 0.2) is 0 Å². The molecule has 28 heavy (non-hydrogen) atoms. The maximum absolute atomic E-state index is 11.3. The Kier molecular flexibility index (Phi) is 16.5.